The molecular formula is C20H22F3NO4S. The van der Waals surface area contributed by atoms with Gasteiger partial charge in [-0.1, -0.05) is 42.5 Å². The molecule has 9 heteroatoms. The average molecular weight is 429 g/mol. The number of alkyl halides is 3. The van der Waals surface area contributed by atoms with Gasteiger partial charge in [-0.25, -0.2) is 8.42 Å². The number of hydrogen-bond donors (Lipinski definition) is 1. The van der Waals surface area contributed by atoms with Crippen LogP contribution in [0.1, 0.15) is 17.5 Å². The Balaban J connectivity index is 1.77. The number of benzene rings is 2. The van der Waals surface area contributed by atoms with E-state index in [1.165, 1.54) is 18.2 Å². The van der Waals surface area contributed by atoms with E-state index in [9.17, 15) is 26.4 Å². The highest BCUT2D eigenvalue weighted by Gasteiger charge is 2.28. The van der Waals surface area contributed by atoms with Crippen molar-refractivity contribution in [2.75, 3.05) is 18.1 Å². The number of nitrogens with one attached hydrogen (secondary N) is 1. The van der Waals surface area contributed by atoms with Gasteiger partial charge in [-0.3, -0.25) is 4.79 Å². The number of carbonyl (C=O) groups excluding carboxylic acids is 1. The molecule has 0 heterocycles. The Kier molecular flexibility index (Phi) is 8.07. The summed E-state index contributed by atoms with van der Waals surface area (Å²) in [7, 11) is -3.55. The molecule has 1 N–H and O–H groups in total. The van der Waals surface area contributed by atoms with E-state index in [4.69, 9.17) is 0 Å². The minimum Gasteiger partial charge on any atom is -0.484 e. The maximum Gasteiger partial charge on any atom is 0.422 e. The van der Waals surface area contributed by atoms with Gasteiger partial charge in [0.15, 0.2) is 16.4 Å². The first kappa shape index (κ1) is 22.7. The van der Waals surface area contributed by atoms with Gasteiger partial charge in [0.1, 0.15) is 11.5 Å². The molecule has 29 heavy (non-hydrogen) atoms. The van der Waals surface area contributed by atoms with E-state index in [-0.39, 0.29) is 18.0 Å². The van der Waals surface area contributed by atoms with Crippen molar-refractivity contribution in [3.8, 4) is 5.75 Å². The summed E-state index contributed by atoms with van der Waals surface area (Å²) in [4.78, 5) is 11.9. The van der Waals surface area contributed by atoms with E-state index < -0.39 is 34.3 Å². The van der Waals surface area contributed by atoms with Crippen molar-refractivity contribution < 1.29 is 31.1 Å². The van der Waals surface area contributed by atoms with Crippen molar-refractivity contribution in [2.45, 2.75) is 25.6 Å². The van der Waals surface area contributed by atoms with Crippen molar-refractivity contribution in [3.05, 3.63) is 65.7 Å². The molecule has 2 aromatic carbocycles. The fraction of sp³-hybridized carbons (Fsp3) is 0.350. The molecule has 158 valence electrons. The molecule has 0 unspecified atom stereocenters. The highest BCUT2D eigenvalue weighted by Crippen LogP contribution is 2.19. The van der Waals surface area contributed by atoms with Crippen LogP contribution < -0.4 is 10.1 Å². The fourth-order valence-electron chi connectivity index (χ4n) is 2.57. The number of halogens is 3. The summed E-state index contributed by atoms with van der Waals surface area (Å²) < 4.78 is 65.4. The van der Waals surface area contributed by atoms with Gasteiger partial charge in [0.25, 0.3) is 0 Å². The summed E-state index contributed by atoms with van der Waals surface area (Å²) in [6.07, 6.45) is -3.43. The first-order valence-electron chi connectivity index (χ1n) is 8.92. The summed E-state index contributed by atoms with van der Waals surface area (Å²) in [6, 6.07) is 15.3. The highest BCUT2D eigenvalue weighted by molar-refractivity contribution is 7.92. The van der Waals surface area contributed by atoms with Crippen molar-refractivity contribution in [1.29, 1.82) is 0 Å². The second kappa shape index (κ2) is 10.3. The highest BCUT2D eigenvalue weighted by atomic mass is 32.2. The summed E-state index contributed by atoms with van der Waals surface area (Å²) in [6.45, 7) is -1.42. The second-order valence-electron chi connectivity index (χ2n) is 6.51. The predicted octanol–water partition coefficient (Wildman–Crippen LogP) is 3.29. The lowest BCUT2D eigenvalue weighted by Crippen LogP contribution is -2.31. The molecule has 0 saturated heterocycles. The van der Waals surface area contributed by atoms with Gasteiger partial charge >= 0.3 is 6.18 Å². The first-order valence-corrected chi connectivity index (χ1v) is 10.7. The maximum atomic E-state index is 12.2. The van der Waals surface area contributed by atoms with Crippen LogP contribution in [-0.2, 0) is 27.6 Å². The minimum atomic E-state index is -4.45. The van der Waals surface area contributed by atoms with E-state index in [2.05, 4.69) is 10.1 Å². The largest absolute Gasteiger partial charge is 0.484 e. The monoisotopic (exact) mass is 429 g/mol. The smallest absolute Gasteiger partial charge is 0.422 e. The molecule has 0 aliphatic carbocycles. The van der Waals surface area contributed by atoms with Gasteiger partial charge in [0, 0.05) is 6.54 Å². The third-order valence-electron chi connectivity index (χ3n) is 3.91. The number of hydrogen-bond acceptors (Lipinski definition) is 4. The van der Waals surface area contributed by atoms with E-state index >= 15 is 0 Å². The van der Waals surface area contributed by atoms with Gasteiger partial charge in [0.2, 0.25) is 5.91 Å². The van der Waals surface area contributed by atoms with Crippen molar-refractivity contribution in [3.63, 3.8) is 0 Å². The van der Waals surface area contributed by atoms with Crippen LogP contribution in [0.3, 0.4) is 0 Å². The molecule has 0 fully saturated rings. The number of aryl methyl sites for hydroxylation is 1. The zero-order valence-electron chi connectivity index (χ0n) is 15.6. The Labute approximate surface area is 167 Å². The molecule has 0 spiro atoms. The molecule has 0 atom stereocenters. The van der Waals surface area contributed by atoms with E-state index in [1.54, 1.807) is 6.07 Å². The van der Waals surface area contributed by atoms with Crippen molar-refractivity contribution in [2.24, 2.45) is 0 Å². The third kappa shape index (κ3) is 9.47. The number of sulfone groups is 1. The van der Waals surface area contributed by atoms with Crippen LogP contribution in [0.25, 0.3) is 0 Å². The van der Waals surface area contributed by atoms with Crippen molar-refractivity contribution in [1.82, 2.24) is 5.32 Å². The summed E-state index contributed by atoms with van der Waals surface area (Å²) in [5.41, 5.74) is 1.53. The van der Waals surface area contributed by atoms with Crippen LogP contribution in [0.2, 0.25) is 0 Å². The molecule has 2 rings (SSSR count). The van der Waals surface area contributed by atoms with E-state index in [0.29, 0.717) is 18.4 Å². The van der Waals surface area contributed by atoms with Crippen LogP contribution in [0.4, 0.5) is 13.2 Å². The molecule has 1 amide bonds. The molecule has 0 radical (unpaired) electrons. The lowest BCUT2D eigenvalue weighted by molar-refractivity contribution is -0.153. The van der Waals surface area contributed by atoms with Crippen molar-refractivity contribution >= 4 is 15.7 Å². The van der Waals surface area contributed by atoms with Crippen LogP contribution in [-0.4, -0.2) is 38.6 Å². The minimum absolute atomic E-state index is 0.0123. The van der Waals surface area contributed by atoms with Crippen LogP contribution >= 0.6 is 0 Å². The Morgan fingerprint density at radius 1 is 1.00 bits per heavy atom. The van der Waals surface area contributed by atoms with Gasteiger partial charge in [0.05, 0.1) is 5.75 Å². The summed E-state index contributed by atoms with van der Waals surface area (Å²) >= 11 is 0. The lowest BCUT2D eigenvalue weighted by Gasteiger charge is -2.11. The van der Waals surface area contributed by atoms with Crippen LogP contribution in [0, 0.1) is 0 Å². The normalized spacial score (nSPS) is 11.8. The maximum absolute atomic E-state index is 12.2. The fourth-order valence-corrected chi connectivity index (χ4v) is 3.80. The molecular weight excluding hydrogens is 407 g/mol. The van der Waals surface area contributed by atoms with E-state index in [1.807, 2.05) is 30.3 Å². The SMILES string of the molecule is O=C(CS(=O)(=O)CCCc1ccccc1)NCc1cccc(OCC(F)(F)F)c1. The lowest BCUT2D eigenvalue weighted by atomic mass is 10.1. The summed E-state index contributed by atoms with van der Waals surface area (Å²) in [5, 5.41) is 2.47. The zero-order valence-corrected chi connectivity index (χ0v) is 16.4. The second-order valence-corrected chi connectivity index (χ2v) is 8.69. The standard InChI is InChI=1S/C20H22F3NO4S/c21-20(22,23)15-28-18-10-4-8-17(12-18)13-24-19(25)14-29(26,27)11-5-9-16-6-2-1-3-7-16/h1-4,6-8,10,12H,5,9,11,13-15H2,(H,24,25). The average Bonchev–Trinajstić information content (AvgIpc) is 2.65. The molecule has 2 aromatic rings. The molecule has 0 saturated carbocycles. The Morgan fingerprint density at radius 3 is 2.38 bits per heavy atom. The third-order valence-corrected chi connectivity index (χ3v) is 5.52. The Morgan fingerprint density at radius 2 is 1.69 bits per heavy atom. The Hall–Kier alpha value is -2.55. The predicted molar refractivity (Wildman–Crippen MR) is 103 cm³/mol. The zero-order chi connectivity index (χ0) is 21.3. The molecule has 0 aliphatic heterocycles. The molecule has 0 aliphatic rings. The summed E-state index contributed by atoms with van der Waals surface area (Å²) in [5.74, 6) is -1.38. The number of carbonyl (C=O) groups is 1. The van der Waals surface area contributed by atoms with Crippen LogP contribution in [0.5, 0.6) is 5.75 Å². The number of ether oxygens (including phenoxy) is 1. The van der Waals surface area contributed by atoms with Gasteiger partial charge in [-0.2, -0.15) is 13.2 Å². The number of rotatable bonds is 10. The topological polar surface area (TPSA) is 72.5 Å². The first-order chi connectivity index (χ1) is 13.6. The van der Waals surface area contributed by atoms with Gasteiger partial charge < -0.3 is 10.1 Å². The molecule has 0 aromatic heterocycles. The van der Waals surface area contributed by atoms with Gasteiger partial charge in [-0.05, 0) is 36.1 Å². The molecule has 0 bridgehead atoms. The quantitative estimate of drug-likeness (QED) is 0.629. The Bertz CT molecular complexity index is 899. The van der Waals surface area contributed by atoms with E-state index in [0.717, 1.165) is 5.56 Å². The molecule has 5 nitrogen and oxygen atoms in total. The van der Waals surface area contributed by atoms with Crippen LogP contribution in [0.15, 0.2) is 54.6 Å². The van der Waals surface area contributed by atoms with Gasteiger partial charge in [-0.15, -0.1) is 0 Å². The number of amides is 1.